The van der Waals surface area contributed by atoms with Gasteiger partial charge in [0.15, 0.2) is 0 Å². The summed E-state index contributed by atoms with van der Waals surface area (Å²) in [5.74, 6) is -1.66. The van der Waals surface area contributed by atoms with Crippen LogP contribution in [0.15, 0.2) is 77.7 Å². The van der Waals surface area contributed by atoms with Gasteiger partial charge in [0, 0.05) is 21.8 Å². The fourth-order valence-electron chi connectivity index (χ4n) is 2.65. The Bertz CT molecular complexity index is 1290. The van der Waals surface area contributed by atoms with Crippen molar-refractivity contribution in [1.82, 2.24) is 0 Å². The van der Waals surface area contributed by atoms with Gasteiger partial charge < -0.3 is 10.4 Å². The van der Waals surface area contributed by atoms with Gasteiger partial charge in [-0.05, 0) is 66.2 Å². The van der Waals surface area contributed by atoms with E-state index in [1.807, 2.05) is 0 Å². The van der Waals surface area contributed by atoms with E-state index in [4.69, 9.17) is 28.3 Å². The number of amides is 1. The maximum atomic E-state index is 12.8. The van der Waals surface area contributed by atoms with Crippen molar-refractivity contribution in [1.29, 1.82) is 0 Å². The normalized spacial score (nSPS) is 11.3. The minimum atomic E-state index is -3.98. The molecule has 0 aliphatic carbocycles. The van der Waals surface area contributed by atoms with Crippen molar-refractivity contribution in [3.8, 4) is 0 Å². The second kappa shape index (κ2) is 9.86. The Hall–Kier alpha value is -3.33. The number of anilines is 2. The van der Waals surface area contributed by atoms with Crippen LogP contribution in [0.1, 0.15) is 15.9 Å². The molecule has 0 unspecified atom stereocenters. The minimum Gasteiger partial charge on any atom is -0.478 e. The highest BCUT2D eigenvalue weighted by Crippen LogP contribution is 2.25. The Kier molecular flexibility index (Phi) is 7.19. The average Bonchev–Trinajstić information content (AvgIpc) is 2.74. The number of carbonyl (C=O) groups excluding carboxylic acids is 1. The zero-order valence-electron chi connectivity index (χ0n) is 16.2. The van der Waals surface area contributed by atoms with Crippen molar-refractivity contribution in [2.45, 2.75) is 4.90 Å². The summed E-state index contributed by atoms with van der Waals surface area (Å²) in [5, 5.41) is 12.0. The van der Waals surface area contributed by atoms with Gasteiger partial charge in [-0.1, -0.05) is 35.3 Å². The first-order chi connectivity index (χ1) is 15.1. The number of carbonyl (C=O) groups is 2. The molecule has 0 fully saturated rings. The number of aliphatic carboxylic acids is 1. The molecule has 3 N–H and O–H groups in total. The summed E-state index contributed by atoms with van der Waals surface area (Å²) in [6.45, 7) is 0. The van der Waals surface area contributed by atoms with Crippen LogP contribution in [0.3, 0.4) is 0 Å². The molecule has 0 aromatic heterocycles. The molecule has 1 amide bonds. The van der Waals surface area contributed by atoms with Gasteiger partial charge in [-0.25, -0.2) is 13.2 Å². The zero-order chi connectivity index (χ0) is 23.3. The Morgan fingerprint density at radius 3 is 2.12 bits per heavy atom. The molecule has 0 radical (unpaired) electrons. The van der Waals surface area contributed by atoms with E-state index in [-0.39, 0.29) is 21.2 Å². The predicted octanol–water partition coefficient (Wildman–Crippen LogP) is 5.14. The third-order valence-electron chi connectivity index (χ3n) is 4.18. The molecular formula is C22H16Cl2N2O5S. The van der Waals surface area contributed by atoms with Crippen LogP contribution in [0.2, 0.25) is 10.0 Å². The number of nitrogens with one attached hydrogen (secondary N) is 2. The predicted molar refractivity (Wildman–Crippen MR) is 125 cm³/mol. The van der Waals surface area contributed by atoms with Crippen molar-refractivity contribution < 1.29 is 23.1 Å². The monoisotopic (exact) mass is 490 g/mol. The largest absolute Gasteiger partial charge is 0.478 e. The molecule has 0 saturated heterocycles. The summed E-state index contributed by atoms with van der Waals surface area (Å²) < 4.78 is 27.8. The maximum absolute atomic E-state index is 12.8. The molecule has 3 rings (SSSR count). The lowest BCUT2D eigenvalue weighted by molar-refractivity contribution is -0.131. The van der Waals surface area contributed by atoms with Crippen molar-refractivity contribution >= 4 is 62.6 Å². The first-order valence-corrected chi connectivity index (χ1v) is 11.3. The molecule has 3 aromatic carbocycles. The van der Waals surface area contributed by atoms with E-state index in [0.717, 1.165) is 6.08 Å². The Morgan fingerprint density at radius 1 is 0.875 bits per heavy atom. The van der Waals surface area contributed by atoms with E-state index in [9.17, 15) is 18.0 Å². The second-order valence-electron chi connectivity index (χ2n) is 6.50. The SMILES string of the molecule is O=C(O)C=Cc1ccc(NC(=O)c2cc(Cl)ccc2NS(=O)(=O)c2ccc(Cl)cc2)cc1. The summed E-state index contributed by atoms with van der Waals surface area (Å²) in [6.07, 6.45) is 2.41. The number of carboxylic acid groups (broad SMARTS) is 1. The smallest absolute Gasteiger partial charge is 0.328 e. The van der Waals surface area contributed by atoms with Gasteiger partial charge in [0.25, 0.3) is 15.9 Å². The van der Waals surface area contributed by atoms with Gasteiger partial charge >= 0.3 is 5.97 Å². The van der Waals surface area contributed by atoms with Crippen LogP contribution < -0.4 is 10.0 Å². The quantitative estimate of drug-likeness (QED) is 0.396. The van der Waals surface area contributed by atoms with Crippen molar-refractivity contribution in [3.63, 3.8) is 0 Å². The van der Waals surface area contributed by atoms with Crippen molar-refractivity contribution in [3.05, 3.63) is 94.0 Å². The van der Waals surface area contributed by atoms with Gasteiger partial charge in [0.1, 0.15) is 0 Å². The number of rotatable bonds is 7. The van der Waals surface area contributed by atoms with Gasteiger partial charge in [0.05, 0.1) is 16.1 Å². The van der Waals surface area contributed by atoms with E-state index in [1.54, 1.807) is 24.3 Å². The third kappa shape index (κ3) is 6.10. The highest BCUT2D eigenvalue weighted by Gasteiger charge is 2.19. The summed E-state index contributed by atoms with van der Waals surface area (Å²) in [6, 6.07) is 16.2. The first-order valence-electron chi connectivity index (χ1n) is 9.04. The van der Waals surface area contributed by atoms with Gasteiger partial charge in [0.2, 0.25) is 0 Å². The molecule has 3 aromatic rings. The Morgan fingerprint density at radius 2 is 1.50 bits per heavy atom. The number of hydrogen-bond acceptors (Lipinski definition) is 4. The molecule has 0 aliphatic rings. The molecule has 10 heteroatoms. The molecule has 0 heterocycles. The zero-order valence-corrected chi connectivity index (χ0v) is 18.6. The van der Waals surface area contributed by atoms with Gasteiger partial charge in [-0.15, -0.1) is 0 Å². The molecule has 0 aliphatic heterocycles. The fourth-order valence-corrected chi connectivity index (χ4v) is 4.03. The van der Waals surface area contributed by atoms with E-state index < -0.39 is 21.9 Å². The topological polar surface area (TPSA) is 113 Å². The molecule has 0 bridgehead atoms. The summed E-state index contributed by atoms with van der Waals surface area (Å²) in [5.41, 5.74) is 1.12. The van der Waals surface area contributed by atoms with Crippen LogP contribution in [0.25, 0.3) is 6.08 Å². The number of benzene rings is 3. The van der Waals surface area contributed by atoms with Crippen molar-refractivity contribution in [2.24, 2.45) is 0 Å². The van der Waals surface area contributed by atoms with E-state index in [2.05, 4.69) is 10.0 Å². The molecule has 32 heavy (non-hydrogen) atoms. The van der Waals surface area contributed by atoms with Crippen LogP contribution in [0, 0.1) is 0 Å². The Labute approximate surface area is 194 Å². The van der Waals surface area contributed by atoms with E-state index in [0.29, 0.717) is 16.3 Å². The second-order valence-corrected chi connectivity index (χ2v) is 9.05. The average molecular weight is 491 g/mol. The number of halogens is 2. The lowest BCUT2D eigenvalue weighted by atomic mass is 10.1. The lowest BCUT2D eigenvalue weighted by Crippen LogP contribution is -2.18. The van der Waals surface area contributed by atoms with Crippen LogP contribution >= 0.6 is 23.2 Å². The molecule has 164 valence electrons. The Balaban J connectivity index is 1.83. The molecule has 0 saturated carbocycles. The highest BCUT2D eigenvalue weighted by atomic mass is 35.5. The number of carboxylic acids is 1. The highest BCUT2D eigenvalue weighted by molar-refractivity contribution is 7.92. The van der Waals surface area contributed by atoms with E-state index >= 15 is 0 Å². The minimum absolute atomic E-state index is 0.0184. The first kappa shape index (κ1) is 23.3. The van der Waals surface area contributed by atoms with Crippen LogP contribution in [-0.4, -0.2) is 25.4 Å². The molecule has 7 nitrogen and oxygen atoms in total. The lowest BCUT2D eigenvalue weighted by Gasteiger charge is -2.13. The summed E-state index contributed by atoms with van der Waals surface area (Å²) in [7, 11) is -3.98. The fraction of sp³-hybridized carbons (Fsp3) is 0. The standard InChI is InChI=1S/C22H16Cl2N2O5S/c23-15-4-9-18(10-5-15)32(30,31)26-20-11-6-16(24)13-19(20)22(29)25-17-7-1-14(2-8-17)3-12-21(27)28/h1-13,26H,(H,25,29)(H,27,28). The van der Waals surface area contributed by atoms with E-state index in [1.165, 1.54) is 48.5 Å². The molecule has 0 spiro atoms. The summed E-state index contributed by atoms with van der Waals surface area (Å²) in [4.78, 5) is 23.4. The van der Waals surface area contributed by atoms with Crippen molar-refractivity contribution in [2.75, 3.05) is 10.0 Å². The summed E-state index contributed by atoms with van der Waals surface area (Å²) >= 11 is 11.8. The van der Waals surface area contributed by atoms with Gasteiger partial charge in [-0.3, -0.25) is 9.52 Å². The van der Waals surface area contributed by atoms with Crippen LogP contribution in [0.4, 0.5) is 11.4 Å². The molecule has 0 atom stereocenters. The number of hydrogen-bond donors (Lipinski definition) is 3. The van der Waals surface area contributed by atoms with Crippen LogP contribution in [0.5, 0.6) is 0 Å². The van der Waals surface area contributed by atoms with Crippen LogP contribution in [-0.2, 0) is 14.8 Å². The van der Waals surface area contributed by atoms with Gasteiger partial charge in [-0.2, -0.15) is 0 Å². The third-order valence-corrected chi connectivity index (χ3v) is 6.05. The molecular weight excluding hydrogens is 475 g/mol. The maximum Gasteiger partial charge on any atom is 0.328 e. The number of sulfonamides is 1.